The summed E-state index contributed by atoms with van der Waals surface area (Å²) < 4.78 is 42.8. The molecular formula is C16H18BrClF3N5O. The molecule has 0 aromatic carbocycles. The van der Waals surface area contributed by atoms with Gasteiger partial charge in [-0.1, -0.05) is 11.6 Å². The summed E-state index contributed by atoms with van der Waals surface area (Å²) in [5.74, 6) is -0.184. The van der Waals surface area contributed by atoms with Crippen molar-refractivity contribution in [3.63, 3.8) is 0 Å². The number of amides is 1. The number of hydrogen-bond donors (Lipinski definition) is 1. The van der Waals surface area contributed by atoms with E-state index in [1.165, 1.54) is 9.36 Å². The first-order chi connectivity index (χ1) is 12.7. The van der Waals surface area contributed by atoms with E-state index in [-0.39, 0.29) is 23.4 Å². The van der Waals surface area contributed by atoms with Crippen LogP contribution >= 0.6 is 27.5 Å². The Morgan fingerprint density at radius 1 is 1.48 bits per heavy atom. The van der Waals surface area contributed by atoms with E-state index in [2.05, 4.69) is 31.4 Å². The number of rotatable bonds is 7. The summed E-state index contributed by atoms with van der Waals surface area (Å²) >= 11 is 9.21. The van der Waals surface area contributed by atoms with Crippen molar-refractivity contribution in [3.8, 4) is 0 Å². The molecule has 11 heteroatoms. The van der Waals surface area contributed by atoms with Gasteiger partial charge in [-0.3, -0.25) is 14.2 Å². The Labute approximate surface area is 167 Å². The second-order valence-electron chi connectivity index (χ2n) is 6.50. The van der Waals surface area contributed by atoms with E-state index in [1.54, 1.807) is 19.3 Å². The molecule has 1 amide bonds. The van der Waals surface area contributed by atoms with Crippen LogP contribution in [-0.4, -0.2) is 32.0 Å². The van der Waals surface area contributed by atoms with E-state index in [0.29, 0.717) is 18.7 Å². The normalized spacial score (nSPS) is 15.8. The molecule has 6 nitrogen and oxygen atoms in total. The molecule has 1 aliphatic rings. The van der Waals surface area contributed by atoms with Gasteiger partial charge < -0.3 is 5.32 Å². The average molecular weight is 469 g/mol. The molecule has 1 N–H and O–H groups in total. The minimum atomic E-state index is -4.58. The third kappa shape index (κ3) is 4.66. The summed E-state index contributed by atoms with van der Waals surface area (Å²) in [4.78, 5) is 12.2. The van der Waals surface area contributed by atoms with Crippen molar-refractivity contribution in [2.45, 2.75) is 50.9 Å². The van der Waals surface area contributed by atoms with Crippen molar-refractivity contribution in [1.82, 2.24) is 24.9 Å². The lowest BCUT2D eigenvalue weighted by Gasteiger charge is -2.13. The number of alkyl halides is 3. The van der Waals surface area contributed by atoms with E-state index in [1.807, 2.05) is 0 Å². The van der Waals surface area contributed by atoms with Crippen molar-refractivity contribution < 1.29 is 18.0 Å². The van der Waals surface area contributed by atoms with Crippen LogP contribution in [0.15, 0.2) is 16.9 Å². The first-order valence-corrected chi connectivity index (χ1v) is 9.66. The lowest BCUT2D eigenvalue weighted by Crippen LogP contribution is -2.32. The number of carbonyl (C=O) groups excluding carboxylic acids is 1. The molecule has 0 radical (unpaired) electrons. The van der Waals surface area contributed by atoms with Gasteiger partial charge in [0.1, 0.15) is 6.04 Å². The van der Waals surface area contributed by atoms with E-state index >= 15 is 0 Å². The van der Waals surface area contributed by atoms with Crippen LogP contribution in [-0.2, 0) is 17.5 Å². The van der Waals surface area contributed by atoms with Crippen molar-refractivity contribution >= 4 is 33.4 Å². The Hall–Kier alpha value is -1.55. The molecule has 3 rings (SSSR count). The largest absolute Gasteiger partial charge is 0.436 e. The van der Waals surface area contributed by atoms with Gasteiger partial charge in [-0.15, -0.1) is 0 Å². The van der Waals surface area contributed by atoms with Gasteiger partial charge in [-0.25, -0.2) is 0 Å². The van der Waals surface area contributed by atoms with Gasteiger partial charge in [0.15, 0.2) is 5.69 Å². The van der Waals surface area contributed by atoms with E-state index in [9.17, 15) is 18.0 Å². The highest BCUT2D eigenvalue weighted by Crippen LogP contribution is 2.46. The van der Waals surface area contributed by atoms with Crippen LogP contribution in [0.3, 0.4) is 0 Å². The van der Waals surface area contributed by atoms with E-state index in [4.69, 9.17) is 11.6 Å². The Morgan fingerprint density at radius 2 is 2.19 bits per heavy atom. The molecular weight excluding hydrogens is 451 g/mol. The fraction of sp³-hybridized carbons (Fsp3) is 0.562. The lowest BCUT2D eigenvalue weighted by atomic mass is 10.2. The minimum Gasteiger partial charge on any atom is -0.354 e. The fourth-order valence-corrected chi connectivity index (χ4v) is 3.48. The number of aromatic nitrogens is 4. The summed E-state index contributed by atoms with van der Waals surface area (Å²) in [6.45, 7) is 2.28. The van der Waals surface area contributed by atoms with Crippen molar-refractivity contribution in [1.29, 1.82) is 0 Å². The molecule has 148 valence electrons. The van der Waals surface area contributed by atoms with Gasteiger partial charge in [0.2, 0.25) is 5.91 Å². The lowest BCUT2D eigenvalue weighted by molar-refractivity contribution is -0.141. The predicted molar refractivity (Wildman–Crippen MR) is 96.5 cm³/mol. The van der Waals surface area contributed by atoms with Crippen molar-refractivity contribution in [3.05, 3.63) is 33.3 Å². The molecule has 2 aromatic heterocycles. The molecule has 1 fully saturated rings. The summed E-state index contributed by atoms with van der Waals surface area (Å²) in [6.07, 6.45) is 0.774. The van der Waals surface area contributed by atoms with Crippen LogP contribution in [0.4, 0.5) is 13.2 Å². The molecule has 0 spiro atoms. The van der Waals surface area contributed by atoms with Gasteiger partial charge in [0, 0.05) is 25.2 Å². The second kappa shape index (κ2) is 7.83. The maximum Gasteiger partial charge on any atom is 0.436 e. The Bertz CT molecular complexity index is 831. The molecule has 2 heterocycles. The maximum absolute atomic E-state index is 13.0. The molecule has 1 aliphatic carbocycles. The highest BCUT2D eigenvalue weighted by atomic mass is 79.9. The Kier molecular flexibility index (Phi) is 5.85. The zero-order chi connectivity index (χ0) is 19.8. The monoisotopic (exact) mass is 467 g/mol. The van der Waals surface area contributed by atoms with E-state index in [0.717, 1.165) is 17.3 Å². The zero-order valence-electron chi connectivity index (χ0n) is 14.4. The number of hydrogen-bond acceptors (Lipinski definition) is 3. The van der Waals surface area contributed by atoms with Crippen LogP contribution in [0.5, 0.6) is 0 Å². The fourth-order valence-electron chi connectivity index (χ4n) is 2.79. The van der Waals surface area contributed by atoms with Gasteiger partial charge in [-0.2, -0.15) is 23.4 Å². The third-order valence-corrected chi connectivity index (χ3v) is 5.14. The molecule has 1 atom stereocenters. The SMILES string of the molecule is CC(C(=O)NCCCn1nc(C(F)(F)F)c(Cl)c1C1CC1)n1cc(Br)cn1. The average Bonchev–Trinajstić information content (AvgIpc) is 3.23. The smallest absolute Gasteiger partial charge is 0.354 e. The highest BCUT2D eigenvalue weighted by molar-refractivity contribution is 9.10. The minimum absolute atomic E-state index is 0.0361. The van der Waals surface area contributed by atoms with Crippen molar-refractivity contribution in [2.75, 3.05) is 6.54 Å². The quantitative estimate of drug-likeness (QED) is 0.621. The summed E-state index contributed by atoms with van der Waals surface area (Å²) in [6, 6.07) is -0.491. The molecule has 0 bridgehead atoms. The first kappa shape index (κ1) is 20.2. The molecule has 27 heavy (non-hydrogen) atoms. The third-order valence-electron chi connectivity index (χ3n) is 4.36. The van der Waals surface area contributed by atoms with Gasteiger partial charge >= 0.3 is 6.18 Å². The van der Waals surface area contributed by atoms with Crippen LogP contribution < -0.4 is 5.32 Å². The zero-order valence-corrected chi connectivity index (χ0v) is 16.8. The number of halogens is 5. The number of nitrogens with one attached hydrogen (secondary N) is 1. The van der Waals surface area contributed by atoms with Crippen LogP contribution in [0.1, 0.15) is 49.5 Å². The highest BCUT2D eigenvalue weighted by Gasteiger charge is 2.41. The number of nitrogens with zero attached hydrogens (tertiary/aromatic N) is 4. The maximum atomic E-state index is 13.0. The molecule has 1 saturated carbocycles. The predicted octanol–water partition coefficient (Wildman–Crippen LogP) is 4.16. The Balaban J connectivity index is 1.57. The number of aryl methyl sites for hydroxylation is 1. The number of carbonyl (C=O) groups is 1. The molecule has 0 aliphatic heterocycles. The van der Waals surface area contributed by atoms with Gasteiger partial charge in [0.05, 0.1) is 21.4 Å². The summed E-state index contributed by atoms with van der Waals surface area (Å²) in [7, 11) is 0. The standard InChI is InChI=1S/C16H18BrClF3N5O/c1-9(26-8-11(17)7-23-26)15(27)22-5-2-6-25-13(10-3-4-10)12(18)14(24-25)16(19,20)21/h7-10H,2-6H2,1H3,(H,22,27). The summed E-state index contributed by atoms with van der Waals surface area (Å²) in [5, 5.41) is 10.2. The van der Waals surface area contributed by atoms with Crippen molar-refractivity contribution in [2.24, 2.45) is 0 Å². The first-order valence-electron chi connectivity index (χ1n) is 8.49. The van der Waals surface area contributed by atoms with E-state index < -0.39 is 17.9 Å². The molecule has 2 aromatic rings. The van der Waals surface area contributed by atoms with Crippen LogP contribution in [0, 0.1) is 0 Å². The molecule has 0 saturated heterocycles. The second-order valence-corrected chi connectivity index (χ2v) is 7.80. The van der Waals surface area contributed by atoms with Gasteiger partial charge in [0.25, 0.3) is 0 Å². The topological polar surface area (TPSA) is 64.7 Å². The molecule has 1 unspecified atom stereocenters. The van der Waals surface area contributed by atoms with Crippen LogP contribution in [0.25, 0.3) is 0 Å². The van der Waals surface area contributed by atoms with Gasteiger partial charge in [-0.05, 0) is 42.1 Å². The summed E-state index contributed by atoms with van der Waals surface area (Å²) in [5.41, 5.74) is -0.585. The van der Waals surface area contributed by atoms with Crippen LogP contribution in [0.2, 0.25) is 5.02 Å². The Morgan fingerprint density at radius 3 is 2.74 bits per heavy atom.